The van der Waals surface area contributed by atoms with Gasteiger partial charge in [0.25, 0.3) is 0 Å². The van der Waals surface area contributed by atoms with Crippen molar-refractivity contribution >= 4 is 5.91 Å². The monoisotopic (exact) mass is 230 g/mol. The molecule has 0 aliphatic heterocycles. The standard InChI is InChI=1S/C13H14N2O2/c1-17-14-13(16)10-11-4-6-12(7-5-11)15-8-2-3-9-15/h2-9H,10H2,1H3,(H,14,16). The normalized spacial score (nSPS) is 10.2. The molecule has 4 heteroatoms. The Hall–Kier alpha value is -2.07. The first-order chi connectivity index (χ1) is 8.29. The van der Waals surface area contributed by atoms with Crippen molar-refractivity contribution < 1.29 is 9.63 Å². The van der Waals surface area contributed by atoms with Crippen molar-refractivity contribution in [3.05, 3.63) is 54.4 Å². The van der Waals surface area contributed by atoms with E-state index >= 15 is 0 Å². The molecule has 1 amide bonds. The molecule has 1 heterocycles. The quantitative estimate of drug-likeness (QED) is 0.812. The van der Waals surface area contributed by atoms with Gasteiger partial charge in [-0.3, -0.25) is 9.63 Å². The van der Waals surface area contributed by atoms with Gasteiger partial charge in [-0.15, -0.1) is 0 Å². The van der Waals surface area contributed by atoms with Crippen LogP contribution in [0.4, 0.5) is 0 Å². The summed E-state index contributed by atoms with van der Waals surface area (Å²) in [4.78, 5) is 15.8. The molecular weight excluding hydrogens is 216 g/mol. The van der Waals surface area contributed by atoms with E-state index in [2.05, 4.69) is 10.3 Å². The lowest BCUT2D eigenvalue weighted by molar-refractivity contribution is -0.130. The third-order valence-corrected chi connectivity index (χ3v) is 2.42. The molecule has 0 saturated carbocycles. The fourth-order valence-electron chi connectivity index (χ4n) is 1.63. The van der Waals surface area contributed by atoms with Crippen molar-refractivity contribution in [2.24, 2.45) is 0 Å². The summed E-state index contributed by atoms with van der Waals surface area (Å²) in [5.41, 5.74) is 4.32. The summed E-state index contributed by atoms with van der Waals surface area (Å²) in [6.07, 6.45) is 4.28. The second-order valence-corrected chi connectivity index (χ2v) is 3.66. The van der Waals surface area contributed by atoms with Crippen LogP contribution >= 0.6 is 0 Å². The number of hydrogen-bond donors (Lipinski definition) is 1. The Kier molecular flexibility index (Phi) is 3.57. The van der Waals surface area contributed by atoms with E-state index in [1.807, 2.05) is 53.4 Å². The molecule has 0 unspecified atom stereocenters. The second-order valence-electron chi connectivity index (χ2n) is 3.66. The van der Waals surface area contributed by atoms with Crippen LogP contribution in [0.2, 0.25) is 0 Å². The first kappa shape index (κ1) is 11.4. The van der Waals surface area contributed by atoms with E-state index in [0.29, 0.717) is 6.42 Å². The first-order valence-electron chi connectivity index (χ1n) is 5.33. The predicted molar refractivity (Wildman–Crippen MR) is 64.6 cm³/mol. The largest absolute Gasteiger partial charge is 0.324 e. The molecule has 0 radical (unpaired) electrons. The van der Waals surface area contributed by atoms with E-state index in [0.717, 1.165) is 11.3 Å². The van der Waals surface area contributed by atoms with Crippen molar-refractivity contribution in [1.29, 1.82) is 0 Å². The summed E-state index contributed by atoms with van der Waals surface area (Å²) in [6, 6.07) is 11.8. The van der Waals surface area contributed by atoms with Crippen LogP contribution in [-0.4, -0.2) is 17.6 Å². The molecule has 0 fully saturated rings. The molecule has 0 bridgehead atoms. The molecule has 2 aromatic rings. The molecule has 0 spiro atoms. The highest BCUT2D eigenvalue weighted by Gasteiger charge is 2.02. The van der Waals surface area contributed by atoms with Crippen LogP contribution < -0.4 is 5.48 Å². The zero-order valence-corrected chi connectivity index (χ0v) is 9.59. The topological polar surface area (TPSA) is 43.3 Å². The molecule has 88 valence electrons. The van der Waals surface area contributed by atoms with Crippen molar-refractivity contribution in [3.8, 4) is 5.69 Å². The number of nitrogens with one attached hydrogen (secondary N) is 1. The van der Waals surface area contributed by atoms with Crippen LogP contribution in [0.3, 0.4) is 0 Å². The molecule has 0 aliphatic carbocycles. The number of carbonyl (C=O) groups excluding carboxylic acids is 1. The van der Waals surface area contributed by atoms with Gasteiger partial charge < -0.3 is 4.57 Å². The molecular formula is C13H14N2O2. The van der Waals surface area contributed by atoms with Crippen molar-refractivity contribution in [2.45, 2.75) is 6.42 Å². The lowest BCUT2D eigenvalue weighted by Gasteiger charge is -2.05. The van der Waals surface area contributed by atoms with Gasteiger partial charge >= 0.3 is 0 Å². The maximum Gasteiger partial charge on any atom is 0.247 e. The van der Waals surface area contributed by atoms with Gasteiger partial charge in [0.2, 0.25) is 5.91 Å². The Balaban J connectivity index is 2.06. The van der Waals surface area contributed by atoms with Crippen molar-refractivity contribution in [3.63, 3.8) is 0 Å². The smallest absolute Gasteiger partial charge is 0.247 e. The Morgan fingerprint density at radius 2 is 1.88 bits per heavy atom. The minimum absolute atomic E-state index is 0.152. The minimum atomic E-state index is -0.152. The van der Waals surface area contributed by atoms with E-state index in [4.69, 9.17) is 0 Å². The summed E-state index contributed by atoms with van der Waals surface area (Å²) in [5.74, 6) is -0.152. The number of benzene rings is 1. The van der Waals surface area contributed by atoms with Crippen LogP contribution in [0.25, 0.3) is 5.69 Å². The average molecular weight is 230 g/mol. The van der Waals surface area contributed by atoms with Gasteiger partial charge in [-0.05, 0) is 29.8 Å². The average Bonchev–Trinajstić information content (AvgIpc) is 2.84. The Morgan fingerprint density at radius 3 is 2.47 bits per heavy atom. The zero-order valence-electron chi connectivity index (χ0n) is 9.59. The van der Waals surface area contributed by atoms with Crippen molar-refractivity contribution in [2.75, 3.05) is 7.11 Å². The molecule has 1 N–H and O–H groups in total. The fourth-order valence-corrected chi connectivity index (χ4v) is 1.63. The molecule has 1 aromatic carbocycles. The van der Waals surface area contributed by atoms with E-state index in [-0.39, 0.29) is 5.91 Å². The first-order valence-corrected chi connectivity index (χ1v) is 5.33. The van der Waals surface area contributed by atoms with E-state index in [1.54, 1.807) is 0 Å². The van der Waals surface area contributed by atoms with Gasteiger partial charge in [-0.2, -0.15) is 0 Å². The Morgan fingerprint density at radius 1 is 1.24 bits per heavy atom. The number of rotatable bonds is 4. The number of amides is 1. The van der Waals surface area contributed by atoms with Crippen molar-refractivity contribution in [1.82, 2.24) is 10.0 Å². The highest BCUT2D eigenvalue weighted by molar-refractivity contribution is 5.77. The maximum absolute atomic E-state index is 11.3. The highest BCUT2D eigenvalue weighted by atomic mass is 16.6. The Bertz CT molecular complexity index is 475. The third kappa shape index (κ3) is 2.95. The highest BCUT2D eigenvalue weighted by Crippen LogP contribution is 2.10. The summed E-state index contributed by atoms with van der Waals surface area (Å²) in [5, 5.41) is 0. The SMILES string of the molecule is CONC(=O)Cc1ccc(-n2cccc2)cc1. The lowest BCUT2D eigenvalue weighted by Crippen LogP contribution is -2.23. The summed E-state index contributed by atoms with van der Waals surface area (Å²) >= 11 is 0. The molecule has 0 aliphatic rings. The van der Waals surface area contributed by atoms with Crippen LogP contribution in [-0.2, 0) is 16.1 Å². The van der Waals surface area contributed by atoms with Gasteiger partial charge in [0.15, 0.2) is 0 Å². The summed E-state index contributed by atoms with van der Waals surface area (Å²) in [6.45, 7) is 0. The van der Waals surface area contributed by atoms with Gasteiger partial charge in [0.1, 0.15) is 0 Å². The fraction of sp³-hybridized carbons (Fsp3) is 0.154. The molecule has 4 nitrogen and oxygen atoms in total. The zero-order chi connectivity index (χ0) is 12.1. The van der Waals surface area contributed by atoms with Gasteiger partial charge in [-0.25, -0.2) is 5.48 Å². The number of nitrogens with zero attached hydrogens (tertiary/aromatic N) is 1. The van der Waals surface area contributed by atoms with E-state index in [9.17, 15) is 4.79 Å². The second kappa shape index (κ2) is 5.32. The lowest BCUT2D eigenvalue weighted by atomic mass is 10.1. The van der Waals surface area contributed by atoms with Gasteiger partial charge in [-0.1, -0.05) is 12.1 Å². The Labute approximate surface area is 99.8 Å². The van der Waals surface area contributed by atoms with Crippen LogP contribution in [0.1, 0.15) is 5.56 Å². The van der Waals surface area contributed by atoms with E-state index < -0.39 is 0 Å². The number of hydroxylamine groups is 1. The van der Waals surface area contributed by atoms with Gasteiger partial charge in [0.05, 0.1) is 13.5 Å². The number of hydrogen-bond acceptors (Lipinski definition) is 2. The molecule has 17 heavy (non-hydrogen) atoms. The van der Waals surface area contributed by atoms with Gasteiger partial charge in [0, 0.05) is 18.1 Å². The van der Waals surface area contributed by atoms with Crippen LogP contribution in [0.5, 0.6) is 0 Å². The minimum Gasteiger partial charge on any atom is -0.324 e. The predicted octanol–water partition coefficient (Wildman–Crippen LogP) is 1.70. The number of carbonyl (C=O) groups is 1. The molecule has 0 saturated heterocycles. The summed E-state index contributed by atoms with van der Waals surface area (Å²) < 4.78 is 2.01. The van der Waals surface area contributed by atoms with Crippen LogP contribution in [0, 0.1) is 0 Å². The molecule has 0 atom stereocenters. The van der Waals surface area contributed by atoms with E-state index in [1.165, 1.54) is 7.11 Å². The molecule has 2 rings (SSSR count). The van der Waals surface area contributed by atoms with Crippen LogP contribution in [0.15, 0.2) is 48.8 Å². The third-order valence-electron chi connectivity index (χ3n) is 2.42. The summed E-state index contributed by atoms with van der Waals surface area (Å²) in [7, 11) is 1.42. The number of aromatic nitrogens is 1. The molecule has 1 aromatic heterocycles. The maximum atomic E-state index is 11.3.